The van der Waals surface area contributed by atoms with Gasteiger partial charge in [-0.15, -0.1) is 0 Å². The van der Waals surface area contributed by atoms with E-state index in [9.17, 15) is 43.2 Å². The van der Waals surface area contributed by atoms with Crippen molar-refractivity contribution in [2.45, 2.75) is 496 Å². The molecule has 0 aliphatic rings. The number of hydrogen-bond acceptors (Lipinski definition) is 15. The zero-order valence-electron chi connectivity index (χ0n) is 70.3. The predicted molar refractivity (Wildman–Crippen MR) is 442 cm³/mol. The molecule has 5 atom stereocenters. The third-order valence-corrected chi connectivity index (χ3v) is 22.7. The van der Waals surface area contributed by atoms with Crippen LogP contribution in [0.1, 0.15) is 478 Å². The maximum atomic E-state index is 13.2. The van der Waals surface area contributed by atoms with Crippen molar-refractivity contribution in [1.29, 1.82) is 0 Å². The molecule has 0 saturated heterocycles. The van der Waals surface area contributed by atoms with E-state index in [0.29, 0.717) is 25.7 Å². The fraction of sp³-hybridized carbons (Fsp3) is 0.955. The zero-order valence-corrected chi connectivity index (χ0v) is 72.1. The first-order valence-corrected chi connectivity index (χ1v) is 48.6. The number of phosphoric acid groups is 2. The van der Waals surface area contributed by atoms with Gasteiger partial charge in [-0.05, 0) is 31.6 Å². The third-order valence-electron chi connectivity index (χ3n) is 20.8. The van der Waals surface area contributed by atoms with Gasteiger partial charge in [-0.2, -0.15) is 0 Å². The molecule has 0 rings (SSSR count). The molecule has 107 heavy (non-hydrogen) atoms. The Bertz CT molecular complexity index is 2030. The standard InChI is InChI=1S/C88H172O17P2/c1-6-9-12-15-18-21-24-27-29-31-32-33-35-39-44-49-54-59-64-69-74-88(93)105-84(78-99-86(91)72-67-62-57-52-47-42-40-36-37-41-45-50-55-60-65-70-81(4)5)80-103-107(96,97)101-76-82(89)75-100-106(94,95)102-79-83(77-98-85(90)71-66-61-56-51-46-26-23-20-17-14-11-8-3)104-87(92)73-68-63-58-53-48-43-38-34-30-28-25-22-19-16-13-10-7-2/h81-84,89H,6-80H2,1-5H3,(H,94,95)(H,96,97)/t82-,83+,84+/m0/s1. The highest BCUT2D eigenvalue weighted by atomic mass is 31.2. The molecule has 0 aromatic heterocycles. The molecule has 0 heterocycles. The second-order valence-corrected chi connectivity index (χ2v) is 35.0. The van der Waals surface area contributed by atoms with Crippen LogP contribution in [0, 0.1) is 5.92 Å². The highest BCUT2D eigenvalue weighted by Crippen LogP contribution is 2.45. The summed E-state index contributed by atoms with van der Waals surface area (Å²) in [5.41, 5.74) is 0. The number of hydrogen-bond donors (Lipinski definition) is 3. The van der Waals surface area contributed by atoms with Gasteiger partial charge >= 0.3 is 39.5 Å². The van der Waals surface area contributed by atoms with Crippen LogP contribution in [-0.2, 0) is 65.4 Å². The molecule has 0 aromatic carbocycles. The maximum Gasteiger partial charge on any atom is 0.472 e. The first-order chi connectivity index (χ1) is 52.0. The van der Waals surface area contributed by atoms with E-state index >= 15 is 0 Å². The Balaban J connectivity index is 5.25. The number of aliphatic hydroxyl groups excluding tert-OH is 1. The topological polar surface area (TPSA) is 237 Å². The van der Waals surface area contributed by atoms with E-state index in [1.165, 1.54) is 302 Å². The molecule has 0 aliphatic heterocycles. The summed E-state index contributed by atoms with van der Waals surface area (Å²) in [6.07, 6.45) is 74.9. The number of aliphatic hydroxyl groups is 1. The monoisotopic (exact) mass is 1560 g/mol. The molecule has 0 aromatic rings. The zero-order chi connectivity index (χ0) is 78.3. The van der Waals surface area contributed by atoms with Crippen molar-refractivity contribution in [3.63, 3.8) is 0 Å². The molecule has 0 bridgehead atoms. The summed E-state index contributed by atoms with van der Waals surface area (Å²) in [5, 5.41) is 10.7. The molecule has 19 heteroatoms. The Hall–Kier alpha value is -1.94. The van der Waals surface area contributed by atoms with Gasteiger partial charge in [-0.25, -0.2) is 9.13 Å². The molecule has 0 aliphatic carbocycles. The Morgan fingerprint density at radius 3 is 0.636 bits per heavy atom. The highest BCUT2D eigenvalue weighted by molar-refractivity contribution is 7.47. The van der Waals surface area contributed by atoms with Crippen LogP contribution in [0.4, 0.5) is 0 Å². The second-order valence-electron chi connectivity index (χ2n) is 32.1. The van der Waals surface area contributed by atoms with Crippen LogP contribution in [0.2, 0.25) is 0 Å². The van der Waals surface area contributed by atoms with Crippen molar-refractivity contribution in [2.75, 3.05) is 39.6 Å². The van der Waals surface area contributed by atoms with Crippen LogP contribution in [-0.4, -0.2) is 96.7 Å². The molecule has 636 valence electrons. The minimum atomic E-state index is -4.97. The average Bonchev–Trinajstić information content (AvgIpc) is 1.09. The van der Waals surface area contributed by atoms with Crippen LogP contribution in [0.5, 0.6) is 0 Å². The van der Waals surface area contributed by atoms with Crippen LogP contribution in [0.25, 0.3) is 0 Å². The lowest BCUT2D eigenvalue weighted by atomic mass is 10.0. The van der Waals surface area contributed by atoms with Crippen LogP contribution in [0.3, 0.4) is 0 Å². The first kappa shape index (κ1) is 105. The number of phosphoric ester groups is 2. The molecular formula is C88H172O17P2. The van der Waals surface area contributed by atoms with Crippen molar-refractivity contribution in [1.82, 2.24) is 0 Å². The minimum absolute atomic E-state index is 0.109. The Morgan fingerprint density at radius 1 is 0.252 bits per heavy atom. The third kappa shape index (κ3) is 81.9. The molecule has 0 amide bonds. The van der Waals surface area contributed by atoms with Crippen LogP contribution >= 0.6 is 15.6 Å². The lowest BCUT2D eigenvalue weighted by molar-refractivity contribution is -0.161. The lowest BCUT2D eigenvalue weighted by Crippen LogP contribution is -2.30. The van der Waals surface area contributed by atoms with Gasteiger partial charge in [0.1, 0.15) is 19.3 Å². The van der Waals surface area contributed by atoms with Crippen molar-refractivity contribution >= 4 is 39.5 Å². The summed E-state index contributed by atoms with van der Waals surface area (Å²) < 4.78 is 69.0. The molecular weight excluding hydrogens is 1390 g/mol. The summed E-state index contributed by atoms with van der Waals surface area (Å²) in [5.74, 6) is -1.29. The number of ether oxygens (including phenoxy) is 4. The highest BCUT2D eigenvalue weighted by Gasteiger charge is 2.30. The average molecular weight is 1560 g/mol. The van der Waals surface area contributed by atoms with E-state index in [2.05, 4.69) is 34.6 Å². The summed E-state index contributed by atoms with van der Waals surface area (Å²) in [4.78, 5) is 73.3. The fourth-order valence-electron chi connectivity index (χ4n) is 13.8. The summed E-state index contributed by atoms with van der Waals surface area (Å²) in [6, 6.07) is 0. The molecule has 17 nitrogen and oxygen atoms in total. The van der Waals surface area contributed by atoms with Gasteiger partial charge in [0.15, 0.2) is 12.2 Å². The van der Waals surface area contributed by atoms with Crippen LogP contribution < -0.4 is 0 Å². The van der Waals surface area contributed by atoms with E-state index in [-0.39, 0.29) is 25.7 Å². The van der Waals surface area contributed by atoms with Crippen molar-refractivity contribution < 1.29 is 80.2 Å². The Kier molecular flexibility index (Phi) is 79.2. The lowest BCUT2D eigenvalue weighted by Gasteiger charge is -2.21. The van der Waals surface area contributed by atoms with E-state index in [1.807, 2.05) is 0 Å². The number of carbonyl (C=O) groups is 4. The van der Waals surface area contributed by atoms with Gasteiger partial charge in [0.05, 0.1) is 26.4 Å². The SMILES string of the molecule is CCCCCCCCCCCCCCCCCCCCCCC(=O)O[C@H](COC(=O)CCCCCCCCCCCCCCCCCC(C)C)COP(=O)(O)OC[C@@H](O)COP(=O)(O)OC[C@@H](COC(=O)CCCCCCCCCCCCCC)OC(=O)CCCCCCCCCCCCCCCCCCC. The van der Waals surface area contributed by atoms with Gasteiger partial charge in [-0.3, -0.25) is 37.3 Å². The van der Waals surface area contributed by atoms with E-state index in [1.54, 1.807) is 0 Å². The predicted octanol–water partition coefficient (Wildman–Crippen LogP) is 27.2. The van der Waals surface area contributed by atoms with Crippen LogP contribution in [0.15, 0.2) is 0 Å². The molecule has 3 N–H and O–H groups in total. The van der Waals surface area contributed by atoms with Crippen molar-refractivity contribution in [3.8, 4) is 0 Å². The van der Waals surface area contributed by atoms with Gasteiger partial charge < -0.3 is 33.8 Å². The first-order valence-electron chi connectivity index (χ1n) is 45.6. The number of unbranched alkanes of at least 4 members (excludes halogenated alkanes) is 60. The quantitative estimate of drug-likeness (QED) is 0.0222. The van der Waals surface area contributed by atoms with E-state index < -0.39 is 97.5 Å². The van der Waals surface area contributed by atoms with Crippen molar-refractivity contribution in [2.24, 2.45) is 5.92 Å². The van der Waals surface area contributed by atoms with Gasteiger partial charge in [0, 0.05) is 25.7 Å². The molecule has 0 radical (unpaired) electrons. The maximum absolute atomic E-state index is 13.2. The van der Waals surface area contributed by atoms with E-state index in [0.717, 1.165) is 95.8 Å². The normalized spacial score (nSPS) is 13.7. The number of esters is 4. The number of carbonyl (C=O) groups excluding carboxylic acids is 4. The largest absolute Gasteiger partial charge is 0.472 e. The summed E-state index contributed by atoms with van der Waals surface area (Å²) in [7, 11) is -9.93. The molecule has 0 fully saturated rings. The fourth-order valence-corrected chi connectivity index (χ4v) is 15.4. The molecule has 0 saturated carbocycles. The van der Waals surface area contributed by atoms with E-state index in [4.69, 9.17) is 37.0 Å². The number of rotatable bonds is 88. The Morgan fingerprint density at radius 2 is 0.430 bits per heavy atom. The molecule has 2 unspecified atom stereocenters. The van der Waals surface area contributed by atoms with Crippen molar-refractivity contribution in [3.05, 3.63) is 0 Å². The van der Waals surface area contributed by atoms with Gasteiger partial charge in [-0.1, -0.05) is 426 Å². The molecule has 0 spiro atoms. The van der Waals surface area contributed by atoms with Gasteiger partial charge in [0.25, 0.3) is 0 Å². The second kappa shape index (κ2) is 80.7. The summed E-state index contributed by atoms with van der Waals surface area (Å²) >= 11 is 0. The van der Waals surface area contributed by atoms with Gasteiger partial charge in [0.2, 0.25) is 0 Å². The Labute approximate surface area is 658 Å². The summed E-state index contributed by atoms with van der Waals surface area (Å²) in [6.45, 7) is 7.41. The smallest absolute Gasteiger partial charge is 0.462 e. The minimum Gasteiger partial charge on any atom is -0.462 e.